The van der Waals surface area contributed by atoms with E-state index in [-0.39, 0.29) is 35.4 Å². The summed E-state index contributed by atoms with van der Waals surface area (Å²) in [6.07, 6.45) is 0. The highest BCUT2D eigenvalue weighted by atomic mass is 127. The maximum absolute atomic E-state index is 12.2. The van der Waals surface area contributed by atoms with Gasteiger partial charge in [-0.05, 0) is 32.0 Å². The van der Waals surface area contributed by atoms with Crippen molar-refractivity contribution in [3.63, 3.8) is 0 Å². The van der Waals surface area contributed by atoms with Gasteiger partial charge in [-0.3, -0.25) is 9.67 Å². The number of benzene rings is 1. The van der Waals surface area contributed by atoms with Crippen LogP contribution in [0.5, 0.6) is 0 Å². The van der Waals surface area contributed by atoms with Crippen molar-refractivity contribution in [2.75, 3.05) is 20.1 Å². The number of guanidine groups is 1. The summed E-state index contributed by atoms with van der Waals surface area (Å²) in [4.78, 5) is 4.28. The van der Waals surface area contributed by atoms with Gasteiger partial charge in [0.05, 0.1) is 10.6 Å². The largest absolute Gasteiger partial charge is 0.355 e. The average molecular weight is 541 g/mol. The van der Waals surface area contributed by atoms with Gasteiger partial charge in [0, 0.05) is 50.0 Å². The summed E-state index contributed by atoms with van der Waals surface area (Å²) in [6.45, 7) is 5.15. The molecule has 0 amide bonds. The Morgan fingerprint density at radius 3 is 2.54 bits per heavy atom. The molecule has 0 saturated heterocycles. The molecule has 0 unspecified atom stereocenters. The van der Waals surface area contributed by atoms with Gasteiger partial charge < -0.3 is 10.6 Å². The Labute approximate surface area is 188 Å². The highest BCUT2D eigenvalue weighted by Gasteiger charge is 2.14. The Balaban J connectivity index is 0.00000392. The minimum absolute atomic E-state index is 0. The van der Waals surface area contributed by atoms with Gasteiger partial charge in [-0.2, -0.15) is 5.10 Å². The van der Waals surface area contributed by atoms with Crippen LogP contribution in [-0.4, -0.2) is 44.3 Å². The summed E-state index contributed by atoms with van der Waals surface area (Å²) < 4.78 is 28.8. The zero-order valence-electron chi connectivity index (χ0n) is 16.3. The smallest absolute Gasteiger partial charge is 0.240 e. The van der Waals surface area contributed by atoms with Crippen molar-refractivity contribution in [2.45, 2.75) is 25.3 Å². The molecule has 3 N–H and O–H groups in total. The van der Waals surface area contributed by atoms with Crippen molar-refractivity contribution in [2.24, 2.45) is 12.0 Å². The zero-order chi connectivity index (χ0) is 20.0. The van der Waals surface area contributed by atoms with E-state index in [0.717, 1.165) is 17.0 Å². The fraction of sp³-hybridized carbons (Fsp3) is 0.412. The van der Waals surface area contributed by atoms with Gasteiger partial charge in [0.25, 0.3) is 0 Å². The Hall–Kier alpha value is -1.37. The molecule has 1 aromatic carbocycles. The van der Waals surface area contributed by atoms with Gasteiger partial charge in [0.2, 0.25) is 10.0 Å². The van der Waals surface area contributed by atoms with E-state index >= 15 is 0 Å². The lowest BCUT2D eigenvalue weighted by molar-refractivity contribution is 0.580. The number of hydrogen-bond donors (Lipinski definition) is 3. The van der Waals surface area contributed by atoms with Crippen molar-refractivity contribution in [1.29, 1.82) is 0 Å². The molecule has 11 heteroatoms. The number of hydrogen-bond acceptors (Lipinski definition) is 4. The second kappa shape index (κ2) is 11.0. The first-order valence-electron chi connectivity index (χ1n) is 8.43. The third kappa shape index (κ3) is 6.61. The lowest BCUT2D eigenvalue weighted by Gasteiger charge is -2.13. The number of aliphatic imine (C=N–C) groups is 1. The molecule has 0 saturated carbocycles. The Morgan fingerprint density at radius 2 is 1.96 bits per heavy atom. The predicted molar refractivity (Wildman–Crippen MR) is 123 cm³/mol. The Morgan fingerprint density at radius 1 is 1.25 bits per heavy atom. The van der Waals surface area contributed by atoms with Gasteiger partial charge in [0.15, 0.2) is 5.96 Å². The maximum atomic E-state index is 12.2. The molecule has 1 heterocycles. The van der Waals surface area contributed by atoms with Crippen LogP contribution >= 0.6 is 35.6 Å². The van der Waals surface area contributed by atoms with Crippen molar-refractivity contribution in [3.8, 4) is 0 Å². The second-order valence-electron chi connectivity index (χ2n) is 5.98. The maximum Gasteiger partial charge on any atom is 0.240 e. The number of rotatable bonds is 7. The van der Waals surface area contributed by atoms with Crippen molar-refractivity contribution < 1.29 is 8.42 Å². The van der Waals surface area contributed by atoms with Crippen LogP contribution < -0.4 is 15.4 Å². The number of sulfonamides is 1. The fourth-order valence-electron chi connectivity index (χ4n) is 2.55. The van der Waals surface area contributed by atoms with E-state index in [1.165, 1.54) is 12.1 Å². The van der Waals surface area contributed by atoms with Crippen LogP contribution in [0, 0.1) is 13.8 Å². The third-order valence-corrected chi connectivity index (χ3v) is 5.82. The molecule has 0 bridgehead atoms. The van der Waals surface area contributed by atoms with Crippen molar-refractivity contribution >= 4 is 51.6 Å². The molecule has 2 rings (SSSR count). The standard InChI is InChI=1S/C17H25ClN6O2S.HI/c1-12-16(13(2)24(4)23-12)11-21-17(19-3)20-8-9-22-27(25,26)15-7-5-6-14(18)10-15;/h5-7,10,22H,8-9,11H2,1-4H3,(H2,19,20,21);1H. The van der Waals surface area contributed by atoms with Crippen molar-refractivity contribution in [3.05, 3.63) is 46.2 Å². The summed E-state index contributed by atoms with van der Waals surface area (Å²) in [5.41, 5.74) is 3.17. The highest BCUT2D eigenvalue weighted by Crippen LogP contribution is 2.15. The molecule has 28 heavy (non-hydrogen) atoms. The van der Waals surface area contributed by atoms with E-state index < -0.39 is 10.0 Å². The third-order valence-electron chi connectivity index (χ3n) is 4.13. The van der Waals surface area contributed by atoms with Crippen LogP contribution in [0.1, 0.15) is 17.0 Å². The van der Waals surface area contributed by atoms with Crippen LogP contribution in [0.4, 0.5) is 0 Å². The van der Waals surface area contributed by atoms with E-state index in [1.807, 2.05) is 25.6 Å². The molecule has 8 nitrogen and oxygen atoms in total. The molecular formula is C17H26ClIN6O2S. The van der Waals surface area contributed by atoms with Crippen LogP contribution in [-0.2, 0) is 23.6 Å². The lowest BCUT2D eigenvalue weighted by Crippen LogP contribution is -2.41. The van der Waals surface area contributed by atoms with E-state index in [4.69, 9.17) is 11.6 Å². The predicted octanol–water partition coefficient (Wildman–Crippen LogP) is 1.95. The molecule has 0 spiro atoms. The molecule has 0 aliphatic carbocycles. The van der Waals surface area contributed by atoms with E-state index in [2.05, 4.69) is 25.4 Å². The lowest BCUT2D eigenvalue weighted by atomic mass is 10.2. The number of nitrogens with one attached hydrogen (secondary N) is 3. The normalized spacial score (nSPS) is 11.8. The molecule has 2 aromatic rings. The number of halogens is 2. The first-order chi connectivity index (χ1) is 12.7. The van der Waals surface area contributed by atoms with Gasteiger partial charge >= 0.3 is 0 Å². The quantitative estimate of drug-likeness (QED) is 0.216. The van der Waals surface area contributed by atoms with Crippen LogP contribution in [0.2, 0.25) is 5.02 Å². The minimum atomic E-state index is -3.60. The van der Waals surface area contributed by atoms with Gasteiger partial charge in [-0.1, -0.05) is 17.7 Å². The van der Waals surface area contributed by atoms with Crippen LogP contribution in [0.25, 0.3) is 0 Å². The van der Waals surface area contributed by atoms with Crippen LogP contribution in [0.15, 0.2) is 34.2 Å². The van der Waals surface area contributed by atoms with Gasteiger partial charge in [-0.15, -0.1) is 24.0 Å². The van der Waals surface area contributed by atoms with E-state index in [9.17, 15) is 8.42 Å². The summed E-state index contributed by atoms with van der Waals surface area (Å²) in [6, 6.07) is 6.14. The summed E-state index contributed by atoms with van der Waals surface area (Å²) in [5.74, 6) is 0.583. The number of nitrogens with zero attached hydrogens (tertiary/aromatic N) is 3. The summed E-state index contributed by atoms with van der Waals surface area (Å²) in [7, 11) is -0.0281. The molecule has 0 aliphatic rings. The first-order valence-corrected chi connectivity index (χ1v) is 10.3. The Kier molecular flexibility index (Phi) is 9.67. The first kappa shape index (κ1) is 24.7. The summed E-state index contributed by atoms with van der Waals surface area (Å²) >= 11 is 5.85. The molecule has 1 aromatic heterocycles. The monoisotopic (exact) mass is 540 g/mol. The zero-order valence-corrected chi connectivity index (χ0v) is 20.2. The Bertz CT molecular complexity index is 930. The molecule has 0 atom stereocenters. The molecule has 0 radical (unpaired) electrons. The molecule has 0 aliphatic heterocycles. The fourth-order valence-corrected chi connectivity index (χ4v) is 3.88. The highest BCUT2D eigenvalue weighted by molar-refractivity contribution is 14.0. The van der Waals surface area contributed by atoms with Crippen LogP contribution in [0.3, 0.4) is 0 Å². The van der Waals surface area contributed by atoms with E-state index in [1.54, 1.807) is 19.2 Å². The molecule has 156 valence electrons. The number of aryl methyl sites for hydroxylation is 2. The minimum Gasteiger partial charge on any atom is -0.355 e. The second-order valence-corrected chi connectivity index (χ2v) is 8.18. The molecular weight excluding hydrogens is 515 g/mol. The van der Waals surface area contributed by atoms with Crippen molar-refractivity contribution in [1.82, 2.24) is 25.1 Å². The number of aromatic nitrogens is 2. The molecule has 0 fully saturated rings. The average Bonchev–Trinajstić information content (AvgIpc) is 2.86. The van der Waals surface area contributed by atoms with E-state index in [0.29, 0.717) is 24.1 Å². The van der Waals surface area contributed by atoms with Gasteiger partial charge in [-0.25, -0.2) is 13.1 Å². The topological polar surface area (TPSA) is 100 Å². The van der Waals surface area contributed by atoms with Gasteiger partial charge in [0.1, 0.15) is 0 Å². The summed E-state index contributed by atoms with van der Waals surface area (Å²) in [5, 5.41) is 11.0. The SMILES string of the molecule is CN=C(NCCNS(=O)(=O)c1cccc(Cl)c1)NCc1c(C)nn(C)c1C.I.